The Labute approximate surface area is 145 Å². The number of amides is 1. The maximum atomic E-state index is 12.1. The molecule has 1 fully saturated rings. The van der Waals surface area contributed by atoms with Crippen molar-refractivity contribution in [2.45, 2.75) is 32.3 Å². The third-order valence-electron chi connectivity index (χ3n) is 4.79. The summed E-state index contributed by atoms with van der Waals surface area (Å²) in [4.78, 5) is 20.1. The van der Waals surface area contributed by atoms with Crippen LogP contribution in [0.5, 0.6) is 5.75 Å². The molecule has 2 aromatic rings. The maximum absolute atomic E-state index is 12.1. The molecule has 124 valence electrons. The summed E-state index contributed by atoms with van der Waals surface area (Å²) in [6.45, 7) is 2.50. The quantitative estimate of drug-likeness (QED) is 0.926. The van der Waals surface area contributed by atoms with E-state index in [2.05, 4.69) is 21.4 Å². The molecule has 0 radical (unpaired) electrons. The molecule has 1 aromatic heterocycles. The van der Waals surface area contributed by atoms with Gasteiger partial charge in [-0.3, -0.25) is 4.79 Å². The number of nitrogens with one attached hydrogen (secondary N) is 1. The Morgan fingerprint density at radius 1 is 1.33 bits per heavy atom. The van der Waals surface area contributed by atoms with Crippen molar-refractivity contribution in [1.82, 2.24) is 15.3 Å². The Morgan fingerprint density at radius 3 is 2.79 bits per heavy atom. The van der Waals surface area contributed by atoms with Crippen LogP contribution < -0.4 is 10.1 Å². The monoisotopic (exact) mass is 343 g/mol. The smallest absolute Gasteiger partial charge is 0.226 e. The molecule has 0 spiro atoms. The van der Waals surface area contributed by atoms with Crippen molar-refractivity contribution < 1.29 is 9.53 Å². The van der Waals surface area contributed by atoms with Gasteiger partial charge in [-0.05, 0) is 30.5 Å². The van der Waals surface area contributed by atoms with Gasteiger partial charge in [-0.15, -0.1) is 0 Å². The Bertz CT molecular complexity index is 790. The zero-order chi connectivity index (χ0) is 16.7. The first-order chi connectivity index (χ1) is 11.5. The van der Waals surface area contributed by atoms with Gasteiger partial charge in [-0.1, -0.05) is 18.5 Å². The van der Waals surface area contributed by atoms with Gasteiger partial charge in [0.2, 0.25) is 5.91 Å². The minimum Gasteiger partial charge on any atom is -0.486 e. The van der Waals surface area contributed by atoms with Crippen molar-refractivity contribution in [2.75, 3.05) is 6.54 Å². The molecule has 0 unspecified atom stereocenters. The molecule has 5 nitrogen and oxygen atoms in total. The van der Waals surface area contributed by atoms with Gasteiger partial charge in [0.05, 0.1) is 11.6 Å². The lowest BCUT2D eigenvalue weighted by atomic mass is 10.0. The molecule has 6 heteroatoms. The molecule has 1 aliphatic carbocycles. The summed E-state index contributed by atoms with van der Waals surface area (Å²) in [5.41, 5.74) is 2.78. The van der Waals surface area contributed by atoms with Gasteiger partial charge >= 0.3 is 0 Å². The molecule has 24 heavy (non-hydrogen) atoms. The molecule has 1 aromatic carbocycles. The fourth-order valence-electron chi connectivity index (χ4n) is 2.95. The van der Waals surface area contributed by atoms with Crippen LogP contribution in [-0.4, -0.2) is 28.5 Å². The lowest BCUT2D eigenvalue weighted by molar-refractivity contribution is -0.126. The topological polar surface area (TPSA) is 64.1 Å². The first-order valence-electron chi connectivity index (χ1n) is 8.08. The molecule has 1 atom stereocenters. The summed E-state index contributed by atoms with van der Waals surface area (Å²) in [6.07, 6.45) is 7.61. The van der Waals surface area contributed by atoms with E-state index in [9.17, 15) is 4.79 Å². The van der Waals surface area contributed by atoms with E-state index in [1.54, 1.807) is 12.4 Å². The van der Waals surface area contributed by atoms with E-state index in [-0.39, 0.29) is 17.4 Å². The normalized spacial score (nSPS) is 20.2. The van der Waals surface area contributed by atoms with E-state index >= 15 is 0 Å². The lowest BCUT2D eigenvalue weighted by Gasteiger charge is -2.14. The zero-order valence-electron chi connectivity index (χ0n) is 13.4. The van der Waals surface area contributed by atoms with Crippen molar-refractivity contribution in [2.24, 2.45) is 5.41 Å². The van der Waals surface area contributed by atoms with Gasteiger partial charge in [0.25, 0.3) is 0 Å². The summed E-state index contributed by atoms with van der Waals surface area (Å²) in [5.74, 6) is 0.837. The van der Waals surface area contributed by atoms with E-state index in [0.29, 0.717) is 17.3 Å². The number of nitrogens with zero attached hydrogens (tertiary/aromatic N) is 2. The van der Waals surface area contributed by atoms with Gasteiger partial charge in [-0.25, -0.2) is 9.97 Å². The molecule has 1 amide bonds. The highest BCUT2D eigenvalue weighted by atomic mass is 35.5. The number of hydrogen-bond donors (Lipinski definition) is 1. The average Bonchev–Trinajstić information content (AvgIpc) is 3.20. The number of carbonyl (C=O) groups excluding carboxylic acids is 1. The minimum atomic E-state index is -0.163. The number of aromatic nitrogens is 2. The number of rotatable bonds is 4. The van der Waals surface area contributed by atoms with E-state index < -0.39 is 0 Å². The lowest BCUT2D eigenvalue weighted by Crippen LogP contribution is -2.38. The molecule has 0 bridgehead atoms. The molecule has 1 saturated carbocycles. The fraction of sp³-hybridized carbons (Fsp3) is 0.389. The number of benzene rings is 1. The third-order valence-corrected chi connectivity index (χ3v) is 5.07. The second-order valence-corrected chi connectivity index (χ2v) is 7.20. The Morgan fingerprint density at radius 2 is 2.08 bits per heavy atom. The number of hydrogen-bond acceptors (Lipinski definition) is 4. The Kier molecular flexibility index (Phi) is 3.68. The van der Waals surface area contributed by atoms with E-state index in [4.69, 9.17) is 16.3 Å². The molecule has 2 aliphatic rings. The van der Waals surface area contributed by atoms with E-state index in [1.807, 2.05) is 13.0 Å². The first kappa shape index (κ1) is 15.4. The van der Waals surface area contributed by atoms with E-state index in [0.717, 1.165) is 36.0 Å². The van der Waals surface area contributed by atoms with E-state index in [1.165, 1.54) is 6.33 Å². The summed E-state index contributed by atoms with van der Waals surface area (Å²) < 4.78 is 5.93. The van der Waals surface area contributed by atoms with Crippen molar-refractivity contribution in [3.63, 3.8) is 0 Å². The third kappa shape index (κ3) is 2.84. The Balaban J connectivity index is 1.48. The predicted molar refractivity (Wildman–Crippen MR) is 90.9 cm³/mol. The van der Waals surface area contributed by atoms with Gasteiger partial charge < -0.3 is 10.1 Å². The second kappa shape index (κ2) is 5.74. The Hall–Kier alpha value is -2.14. The van der Waals surface area contributed by atoms with Crippen molar-refractivity contribution in [1.29, 1.82) is 0 Å². The van der Waals surface area contributed by atoms with Gasteiger partial charge in [0.15, 0.2) is 0 Å². The van der Waals surface area contributed by atoms with Crippen molar-refractivity contribution >= 4 is 17.5 Å². The van der Waals surface area contributed by atoms with Crippen molar-refractivity contribution in [3.05, 3.63) is 41.4 Å². The standard InChI is InChI=1S/C18H18ClN3O2/c1-18(2-3-18)17(23)22-9-14-5-12-4-11(6-15(19)16(12)24-14)13-7-20-10-21-8-13/h4,6-8,10,14H,2-3,5,9H2,1H3,(H,22,23)/t14-/m1/s1. The van der Waals surface area contributed by atoms with Crippen LogP contribution in [0.3, 0.4) is 0 Å². The number of fused-ring (bicyclic) bond motifs is 1. The van der Waals surface area contributed by atoms with Crippen molar-refractivity contribution in [3.8, 4) is 16.9 Å². The van der Waals surface area contributed by atoms with Crippen LogP contribution in [0.25, 0.3) is 11.1 Å². The van der Waals surface area contributed by atoms with Gasteiger partial charge in [0.1, 0.15) is 18.2 Å². The number of halogens is 1. The van der Waals surface area contributed by atoms with Crippen LogP contribution in [0.15, 0.2) is 30.9 Å². The summed E-state index contributed by atoms with van der Waals surface area (Å²) in [6, 6.07) is 3.93. The van der Waals surface area contributed by atoms with Crippen LogP contribution in [0, 0.1) is 5.41 Å². The first-order valence-corrected chi connectivity index (χ1v) is 8.46. The summed E-state index contributed by atoms with van der Waals surface area (Å²) in [7, 11) is 0. The highest BCUT2D eigenvalue weighted by Crippen LogP contribution is 2.45. The number of carbonyl (C=O) groups is 1. The van der Waals surface area contributed by atoms with Gasteiger partial charge in [0, 0.05) is 35.4 Å². The van der Waals surface area contributed by atoms with Crippen LogP contribution in [-0.2, 0) is 11.2 Å². The molecule has 0 saturated heterocycles. The molecular weight excluding hydrogens is 326 g/mol. The minimum absolute atomic E-state index is 0.0777. The summed E-state index contributed by atoms with van der Waals surface area (Å²) >= 11 is 6.38. The van der Waals surface area contributed by atoms with Crippen LogP contribution in [0.1, 0.15) is 25.3 Å². The van der Waals surface area contributed by atoms with Gasteiger partial charge in [-0.2, -0.15) is 0 Å². The number of ether oxygens (including phenoxy) is 1. The second-order valence-electron chi connectivity index (χ2n) is 6.79. The molecule has 1 N–H and O–H groups in total. The predicted octanol–water partition coefficient (Wildman–Crippen LogP) is 3.02. The van der Waals surface area contributed by atoms with Crippen LogP contribution in [0.2, 0.25) is 5.02 Å². The molecule has 2 heterocycles. The van der Waals surface area contributed by atoms with Crippen LogP contribution in [0.4, 0.5) is 0 Å². The fourth-order valence-corrected chi connectivity index (χ4v) is 3.23. The summed E-state index contributed by atoms with van der Waals surface area (Å²) in [5, 5.41) is 3.58. The zero-order valence-corrected chi connectivity index (χ0v) is 14.1. The SMILES string of the molecule is CC1(C(=O)NC[C@H]2Cc3cc(-c4cncnc4)cc(Cl)c3O2)CC1. The highest BCUT2D eigenvalue weighted by molar-refractivity contribution is 6.32. The average molecular weight is 344 g/mol. The highest BCUT2D eigenvalue weighted by Gasteiger charge is 2.45. The largest absolute Gasteiger partial charge is 0.486 e. The molecular formula is C18H18ClN3O2. The van der Waals surface area contributed by atoms with Crippen LogP contribution >= 0.6 is 11.6 Å². The molecule has 4 rings (SSSR count). The molecule has 1 aliphatic heterocycles. The maximum Gasteiger partial charge on any atom is 0.226 e.